The van der Waals surface area contributed by atoms with Crippen molar-refractivity contribution >= 4 is 5.69 Å². The van der Waals surface area contributed by atoms with E-state index in [0.717, 1.165) is 17.0 Å². The highest BCUT2D eigenvalue weighted by Gasteiger charge is 1.98. The molecule has 0 amide bonds. The van der Waals surface area contributed by atoms with Gasteiger partial charge in [-0.05, 0) is 30.7 Å². The molecule has 72 valence electrons. The minimum absolute atomic E-state index is 0.161. The molecular weight excluding hydrogens is 166 g/mol. The smallest absolute Gasteiger partial charge is 0.122 e. The molecule has 0 radical (unpaired) electrons. The molecule has 0 heterocycles. The molecule has 1 aromatic carbocycles. The van der Waals surface area contributed by atoms with Crippen LogP contribution in [0.1, 0.15) is 12.0 Å². The van der Waals surface area contributed by atoms with E-state index in [0.29, 0.717) is 13.0 Å². The first kappa shape index (κ1) is 9.86. The van der Waals surface area contributed by atoms with Crippen molar-refractivity contribution in [2.75, 3.05) is 18.9 Å². The number of hydrogen-bond donors (Lipinski definition) is 2. The average Bonchev–Trinajstić information content (AvgIpc) is 2.09. The lowest BCUT2D eigenvalue weighted by Crippen LogP contribution is -2.01. The topological polar surface area (TPSA) is 55.5 Å². The minimum atomic E-state index is 0.161. The zero-order valence-electron chi connectivity index (χ0n) is 7.79. The molecule has 1 aromatic rings. The van der Waals surface area contributed by atoms with Crippen LogP contribution < -0.4 is 10.5 Å². The molecule has 0 fully saturated rings. The molecule has 1 rings (SSSR count). The van der Waals surface area contributed by atoms with Gasteiger partial charge in [0.2, 0.25) is 0 Å². The first-order chi connectivity index (χ1) is 6.24. The summed E-state index contributed by atoms with van der Waals surface area (Å²) in [4.78, 5) is 0. The summed E-state index contributed by atoms with van der Waals surface area (Å²) in [5, 5.41) is 8.56. The molecule has 13 heavy (non-hydrogen) atoms. The third kappa shape index (κ3) is 2.95. The van der Waals surface area contributed by atoms with Gasteiger partial charge in [-0.2, -0.15) is 0 Å². The minimum Gasteiger partial charge on any atom is -0.493 e. The van der Waals surface area contributed by atoms with Crippen molar-refractivity contribution in [2.45, 2.75) is 13.3 Å². The largest absolute Gasteiger partial charge is 0.493 e. The van der Waals surface area contributed by atoms with Crippen molar-refractivity contribution in [3.63, 3.8) is 0 Å². The van der Waals surface area contributed by atoms with Crippen LogP contribution in [0.5, 0.6) is 5.75 Å². The average molecular weight is 181 g/mol. The van der Waals surface area contributed by atoms with Crippen LogP contribution in [0.4, 0.5) is 5.69 Å². The van der Waals surface area contributed by atoms with Crippen LogP contribution >= 0.6 is 0 Å². The molecule has 0 atom stereocenters. The molecule has 0 aliphatic heterocycles. The maximum atomic E-state index is 8.56. The van der Waals surface area contributed by atoms with E-state index in [1.54, 1.807) is 6.07 Å². The number of nitrogens with two attached hydrogens (primary N) is 1. The molecule has 3 heteroatoms. The van der Waals surface area contributed by atoms with Gasteiger partial charge in [-0.3, -0.25) is 0 Å². The number of nitrogen functional groups attached to an aromatic ring is 1. The molecule has 0 aliphatic carbocycles. The summed E-state index contributed by atoms with van der Waals surface area (Å²) >= 11 is 0. The van der Waals surface area contributed by atoms with E-state index in [2.05, 4.69) is 0 Å². The molecule has 3 nitrogen and oxygen atoms in total. The van der Waals surface area contributed by atoms with Crippen molar-refractivity contribution in [3.05, 3.63) is 23.8 Å². The van der Waals surface area contributed by atoms with Crippen molar-refractivity contribution in [2.24, 2.45) is 0 Å². The van der Waals surface area contributed by atoms with E-state index in [1.165, 1.54) is 0 Å². The second-order valence-electron chi connectivity index (χ2n) is 2.95. The van der Waals surface area contributed by atoms with Gasteiger partial charge in [0, 0.05) is 18.7 Å². The van der Waals surface area contributed by atoms with Crippen molar-refractivity contribution in [1.82, 2.24) is 0 Å². The fourth-order valence-corrected chi connectivity index (χ4v) is 1.08. The van der Waals surface area contributed by atoms with Crippen LogP contribution in [0.2, 0.25) is 0 Å². The summed E-state index contributed by atoms with van der Waals surface area (Å²) < 4.78 is 5.42. The first-order valence-corrected chi connectivity index (χ1v) is 4.34. The SMILES string of the molecule is Cc1cc(N)ccc1OCCCO. The lowest BCUT2D eigenvalue weighted by Gasteiger charge is -2.08. The normalized spacial score (nSPS) is 10.0. The first-order valence-electron chi connectivity index (χ1n) is 4.34. The number of aliphatic hydroxyl groups excluding tert-OH is 1. The molecule has 0 saturated carbocycles. The van der Waals surface area contributed by atoms with E-state index in [4.69, 9.17) is 15.6 Å². The Bertz CT molecular complexity index is 274. The molecule has 0 bridgehead atoms. The van der Waals surface area contributed by atoms with Gasteiger partial charge in [0.15, 0.2) is 0 Å². The lowest BCUT2D eigenvalue weighted by molar-refractivity contribution is 0.233. The Morgan fingerprint density at radius 1 is 1.46 bits per heavy atom. The van der Waals surface area contributed by atoms with Crippen LogP contribution in [-0.4, -0.2) is 18.3 Å². The van der Waals surface area contributed by atoms with Gasteiger partial charge < -0.3 is 15.6 Å². The number of aryl methyl sites for hydroxylation is 1. The number of ether oxygens (including phenoxy) is 1. The zero-order chi connectivity index (χ0) is 9.68. The Hall–Kier alpha value is -1.22. The second-order valence-corrected chi connectivity index (χ2v) is 2.95. The highest BCUT2D eigenvalue weighted by molar-refractivity contribution is 5.47. The van der Waals surface area contributed by atoms with Gasteiger partial charge in [0.1, 0.15) is 5.75 Å². The Balaban J connectivity index is 2.56. The Morgan fingerprint density at radius 2 is 2.23 bits per heavy atom. The number of benzene rings is 1. The summed E-state index contributed by atoms with van der Waals surface area (Å²) in [5.74, 6) is 0.836. The molecule has 0 aliphatic rings. The zero-order valence-corrected chi connectivity index (χ0v) is 7.79. The quantitative estimate of drug-likeness (QED) is 0.544. The fraction of sp³-hybridized carbons (Fsp3) is 0.400. The van der Waals surface area contributed by atoms with Crippen molar-refractivity contribution in [3.8, 4) is 5.75 Å². The van der Waals surface area contributed by atoms with Gasteiger partial charge in [0.05, 0.1) is 6.61 Å². The standard InChI is InChI=1S/C10H15NO2/c1-8-7-9(11)3-4-10(8)13-6-2-5-12/h3-4,7,12H,2,5-6,11H2,1H3. The van der Waals surface area contributed by atoms with E-state index in [-0.39, 0.29) is 6.61 Å². The van der Waals surface area contributed by atoms with Crippen molar-refractivity contribution in [1.29, 1.82) is 0 Å². The summed E-state index contributed by atoms with van der Waals surface area (Å²) in [6, 6.07) is 5.53. The maximum Gasteiger partial charge on any atom is 0.122 e. The number of aliphatic hydroxyl groups is 1. The van der Waals surface area contributed by atoms with Crippen LogP contribution in [0.3, 0.4) is 0 Å². The number of hydrogen-bond acceptors (Lipinski definition) is 3. The van der Waals surface area contributed by atoms with Crippen LogP contribution in [0.15, 0.2) is 18.2 Å². The molecule has 0 aromatic heterocycles. The molecule has 3 N–H and O–H groups in total. The molecule has 0 saturated heterocycles. The second kappa shape index (κ2) is 4.72. The van der Waals surface area contributed by atoms with E-state index in [9.17, 15) is 0 Å². The predicted octanol–water partition coefficient (Wildman–Crippen LogP) is 1.34. The highest BCUT2D eigenvalue weighted by atomic mass is 16.5. The number of anilines is 1. The van der Waals surface area contributed by atoms with Gasteiger partial charge >= 0.3 is 0 Å². The number of rotatable bonds is 4. The summed E-state index contributed by atoms with van der Waals surface area (Å²) in [6.45, 7) is 2.65. The van der Waals surface area contributed by atoms with Crippen molar-refractivity contribution < 1.29 is 9.84 Å². The van der Waals surface area contributed by atoms with Crippen LogP contribution in [-0.2, 0) is 0 Å². The summed E-state index contributed by atoms with van der Waals surface area (Å²) in [7, 11) is 0. The monoisotopic (exact) mass is 181 g/mol. The van der Waals surface area contributed by atoms with Gasteiger partial charge in [0.25, 0.3) is 0 Å². The fourth-order valence-electron chi connectivity index (χ4n) is 1.08. The van der Waals surface area contributed by atoms with E-state index in [1.807, 2.05) is 19.1 Å². The molecule has 0 spiro atoms. The van der Waals surface area contributed by atoms with Crippen LogP contribution in [0.25, 0.3) is 0 Å². The lowest BCUT2D eigenvalue weighted by atomic mass is 10.2. The highest BCUT2D eigenvalue weighted by Crippen LogP contribution is 2.19. The van der Waals surface area contributed by atoms with E-state index >= 15 is 0 Å². The Labute approximate surface area is 78.1 Å². The predicted molar refractivity (Wildman–Crippen MR) is 52.8 cm³/mol. The third-order valence-corrected chi connectivity index (χ3v) is 1.76. The summed E-state index contributed by atoms with van der Waals surface area (Å²) in [5.41, 5.74) is 7.36. The van der Waals surface area contributed by atoms with Gasteiger partial charge in [-0.1, -0.05) is 0 Å². The molecular formula is C10H15NO2. The third-order valence-electron chi connectivity index (χ3n) is 1.76. The van der Waals surface area contributed by atoms with Crippen LogP contribution in [0, 0.1) is 6.92 Å². The molecule has 0 unspecified atom stereocenters. The Kier molecular flexibility index (Phi) is 3.58. The van der Waals surface area contributed by atoms with Gasteiger partial charge in [-0.25, -0.2) is 0 Å². The van der Waals surface area contributed by atoms with Gasteiger partial charge in [-0.15, -0.1) is 0 Å². The maximum absolute atomic E-state index is 8.56. The summed E-state index contributed by atoms with van der Waals surface area (Å²) in [6.07, 6.45) is 0.657. The Morgan fingerprint density at radius 3 is 2.85 bits per heavy atom. The van der Waals surface area contributed by atoms with E-state index < -0.39 is 0 Å².